The van der Waals surface area contributed by atoms with Crippen molar-refractivity contribution >= 4 is 27.3 Å². The molecular formula is C26H29F4N3O5S. The van der Waals surface area contributed by atoms with Gasteiger partial charge in [-0.15, -0.1) is 0 Å². The lowest BCUT2D eigenvalue weighted by atomic mass is 9.73. The second-order valence-corrected chi connectivity index (χ2v) is 12.0. The fourth-order valence-electron chi connectivity index (χ4n) is 5.56. The standard InChI is InChI=1S/C26H29F4N3O5S/c1-39(37,38)17-6-8-21(32-10-12-34)19(14-17)23(35)33-11-2-9-25(33,24(31)36)22(15-3-4-15)18-7-5-16(13-20(18)27)26(28,29)30/h5-8,13-15,22,32,34H,2-4,9-12H2,1H3,(H2,31,36)/t22-,25+/m1/s1. The summed E-state index contributed by atoms with van der Waals surface area (Å²) in [5, 5.41) is 12.1. The summed E-state index contributed by atoms with van der Waals surface area (Å²) >= 11 is 0. The van der Waals surface area contributed by atoms with Gasteiger partial charge >= 0.3 is 6.18 Å². The van der Waals surface area contributed by atoms with Gasteiger partial charge in [-0.05, 0) is 67.5 Å². The van der Waals surface area contributed by atoms with Gasteiger partial charge in [-0.3, -0.25) is 9.59 Å². The number of anilines is 1. The van der Waals surface area contributed by atoms with E-state index in [1.807, 2.05) is 0 Å². The fraction of sp³-hybridized carbons (Fsp3) is 0.462. The molecule has 2 aliphatic rings. The lowest BCUT2D eigenvalue weighted by Gasteiger charge is -2.43. The zero-order chi connectivity index (χ0) is 28.8. The number of benzene rings is 2. The van der Waals surface area contributed by atoms with Crippen molar-refractivity contribution in [2.45, 2.75) is 48.2 Å². The number of hydrogen-bond acceptors (Lipinski definition) is 6. The lowest BCUT2D eigenvalue weighted by molar-refractivity contribution is -0.138. The first kappa shape index (κ1) is 28.8. The maximum absolute atomic E-state index is 15.3. The summed E-state index contributed by atoms with van der Waals surface area (Å²) in [5.74, 6) is -4.11. The lowest BCUT2D eigenvalue weighted by Crippen LogP contribution is -2.60. The molecule has 2 aromatic carbocycles. The molecule has 0 unspecified atom stereocenters. The van der Waals surface area contributed by atoms with Crippen molar-refractivity contribution in [2.24, 2.45) is 11.7 Å². The van der Waals surface area contributed by atoms with Gasteiger partial charge in [0.25, 0.3) is 5.91 Å². The summed E-state index contributed by atoms with van der Waals surface area (Å²) in [6, 6.07) is 5.96. The maximum atomic E-state index is 15.3. The molecule has 0 bridgehead atoms. The summed E-state index contributed by atoms with van der Waals surface area (Å²) in [6.07, 6.45) is -2.30. The van der Waals surface area contributed by atoms with E-state index < -0.39 is 50.7 Å². The Hall–Kier alpha value is -3.19. The summed E-state index contributed by atoms with van der Waals surface area (Å²) in [4.78, 5) is 28.3. The Morgan fingerprint density at radius 3 is 2.44 bits per heavy atom. The number of sulfone groups is 1. The second kappa shape index (κ2) is 10.4. The van der Waals surface area contributed by atoms with Crippen molar-refractivity contribution in [1.29, 1.82) is 0 Å². The van der Waals surface area contributed by atoms with Gasteiger partial charge in [0.1, 0.15) is 11.4 Å². The highest BCUT2D eigenvalue weighted by molar-refractivity contribution is 7.90. The Kier molecular flexibility index (Phi) is 7.69. The number of carbonyl (C=O) groups is 2. The molecule has 0 aromatic heterocycles. The van der Waals surface area contributed by atoms with E-state index in [0.29, 0.717) is 25.3 Å². The van der Waals surface area contributed by atoms with Gasteiger partial charge in [0.2, 0.25) is 5.91 Å². The topological polar surface area (TPSA) is 130 Å². The van der Waals surface area contributed by atoms with E-state index in [1.54, 1.807) is 0 Å². The van der Waals surface area contributed by atoms with E-state index >= 15 is 4.39 Å². The average molecular weight is 572 g/mol. The van der Waals surface area contributed by atoms with Crippen LogP contribution in [0.15, 0.2) is 41.3 Å². The molecule has 1 saturated heterocycles. The molecule has 1 heterocycles. The van der Waals surface area contributed by atoms with Gasteiger partial charge in [-0.25, -0.2) is 12.8 Å². The summed E-state index contributed by atoms with van der Waals surface area (Å²) in [6.45, 7) is -0.204. The quantitative estimate of drug-likeness (QED) is 0.396. The molecule has 0 radical (unpaired) electrons. The van der Waals surface area contributed by atoms with E-state index in [4.69, 9.17) is 5.73 Å². The van der Waals surface area contributed by atoms with Gasteiger partial charge in [0.15, 0.2) is 9.84 Å². The van der Waals surface area contributed by atoms with Crippen molar-refractivity contribution in [3.63, 3.8) is 0 Å². The monoisotopic (exact) mass is 571 g/mol. The predicted molar refractivity (Wildman–Crippen MR) is 134 cm³/mol. The Bertz CT molecular complexity index is 1390. The molecule has 2 aromatic rings. The van der Waals surface area contributed by atoms with Gasteiger partial charge in [0.05, 0.1) is 22.6 Å². The van der Waals surface area contributed by atoms with Crippen LogP contribution in [0.2, 0.25) is 0 Å². The van der Waals surface area contributed by atoms with Crippen LogP contribution >= 0.6 is 0 Å². The zero-order valence-corrected chi connectivity index (χ0v) is 21.9. The van der Waals surface area contributed by atoms with Crippen LogP contribution in [-0.4, -0.2) is 61.7 Å². The Morgan fingerprint density at radius 1 is 1.21 bits per heavy atom. The van der Waals surface area contributed by atoms with Crippen LogP contribution in [0.1, 0.15) is 53.1 Å². The third-order valence-corrected chi connectivity index (χ3v) is 8.55. The van der Waals surface area contributed by atoms with E-state index in [0.717, 1.165) is 24.5 Å². The molecule has 1 aliphatic heterocycles. The molecule has 2 atom stereocenters. The van der Waals surface area contributed by atoms with Crippen LogP contribution in [0.25, 0.3) is 0 Å². The Balaban J connectivity index is 1.85. The van der Waals surface area contributed by atoms with Gasteiger partial charge in [0, 0.05) is 31.0 Å². The largest absolute Gasteiger partial charge is 0.416 e. The molecule has 4 rings (SSSR count). The summed E-state index contributed by atoms with van der Waals surface area (Å²) < 4.78 is 79.4. The van der Waals surface area contributed by atoms with E-state index in [2.05, 4.69) is 5.32 Å². The smallest absolute Gasteiger partial charge is 0.395 e. The number of halogens is 4. The zero-order valence-electron chi connectivity index (χ0n) is 21.1. The number of alkyl halides is 3. The molecule has 212 valence electrons. The first-order chi connectivity index (χ1) is 18.2. The first-order valence-corrected chi connectivity index (χ1v) is 14.3. The summed E-state index contributed by atoms with van der Waals surface area (Å²) in [7, 11) is -3.73. The number of nitrogens with one attached hydrogen (secondary N) is 1. The van der Waals surface area contributed by atoms with Crippen LogP contribution in [0.4, 0.5) is 23.2 Å². The van der Waals surface area contributed by atoms with E-state index in [-0.39, 0.29) is 53.7 Å². The third kappa shape index (κ3) is 5.46. The molecule has 0 spiro atoms. The van der Waals surface area contributed by atoms with Crippen LogP contribution in [0.5, 0.6) is 0 Å². The van der Waals surface area contributed by atoms with Crippen molar-refractivity contribution < 1.29 is 40.7 Å². The molecule has 1 saturated carbocycles. The van der Waals surface area contributed by atoms with Crippen LogP contribution in [-0.2, 0) is 20.8 Å². The van der Waals surface area contributed by atoms with Crippen LogP contribution < -0.4 is 11.1 Å². The number of primary amides is 1. The minimum atomic E-state index is -4.77. The number of nitrogens with two attached hydrogens (primary N) is 1. The highest BCUT2D eigenvalue weighted by Crippen LogP contribution is 2.54. The number of carbonyl (C=O) groups excluding carboxylic acids is 2. The maximum Gasteiger partial charge on any atom is 0.416 e. The predicted octanol–water partition coefficient (Wildman–Crippen LogP) is 3.31. The van der Waals surface area contributed by atoms with E-state index in [9.17, 15) is 36.3 Å². The second-order valence-electron chi connectivity index (χ2n) is 10.0. The molecule has 4 N–H and O–H groups in total. The van der Waals surface area contributed by atoms with Gasteiger partial charge in [-0.2, -0.15) is 13.2 Å². The third-order valence-electron chi connectivity index (χ3n) is 7.44. The number of hydrogen-bond donors (Lipinski definition) is 3. The van der Waals surface area contributed by atoms with Gasteiger partial charge < -0.3 is 21.1 Å². The molecule has 39 heavy (non-hydrogen) atoms. The number of nitrogens with zero attached hydrogens (tertiary/aromatic N) is 1. The average Bonchev–Trinajstić information content (AvgIpc) is 3.59. The first-order valence-electron chi connectivity index (χ1n) is 12.4. The van der Waals surface area contributed by atoms with Crippen molar-refractivity contribution in [3.8, 4) is 0 Å². The molecule has 1 aliphatic carbocycles. The molecule has 2 amide bonds. The number of aliphatic hydroxyl groups is 1. The van der Waals surface area contributed by atoms with Gasteiger partial charge in [-0.1, -0.05) is 6.07 Å². The van der Waals surface area contributed by atoms with Crippen molar-refractivity contribution in [3.05, 3.63) is 58.9 Å². The highest BCUT2D eigenvalue weighted by atomic mass is 32.2. The Labute approximate surface area is 223 Å². The SMILES string of the molecule is CS(=O)(=O)c1ccc(NCCO)c(C(=O)N2CCC[C@@]2(C(N)=O)[C@@H](c2ccc(C(F)(F)F)cc2F)C2CC2)c1. The normalized spacial score (nSPS) is 20.6. The number of amides is 2. The molecular weight excluding hydrogens is 542 g/mol. The minimum absolute atomic E-state index is 0.0375. The number of aliphatic hydroxyl groups excluding tert-OH is 1. The van der Waals surface area contributed by atoms with E-state index in [1.165, 1.54) is 17.0 Å². The Morgan fingerprint density at radius 2 is 1.90 bits per heavy atom. The van der Waals surface area contributed by atoms with Crippen molar-refractivity contribution in [2.75, 3.05) is 31.3 Å². The minimum Gasteiger partial charge on any atom is -0.395 e. The highest BCUT2D eigenvalue weighted by Gasteiger charge is 2.59. The van der Waals surface area contributed by atoms with Crippen molar-refractivity contribution in [1.82, 2.24) is 4.90 Å². The molecule has 13 heteroatoms. The molecule has 2 fully saturated rings. The fourth-order valence-corrected chi connectivity index (χ4v) is 6.21. The number of likely N-dealkylation sites (tertiary alicyclic amines) is 1. The van der Waals surface area contributed by atoms with Crippen LogP contribution in [0, 0.1) is 11.7 Å². The number of rotatable bonds is 9. The summed E-state index contributed by atoms with van der Waals surface area (Å²) in [5.41, 5.74) is 2.97. The van der Waals surface area contributed by atoms with Crippen LogP contribution in [0.3, 0.4) is 0 Å². The molecule has 8 nitrogen and oxygen atoms in total.